The lowest BCUT2D eigenvalue weighted by atomic mass is 9.94. The minimum atomic E-state index is 0.218. The topological polar surface area (TPSA) is 38.0 Å². The van der Waals surface area contributed by atoms with Crippen molar-refractivity contribution in [3.8, 4) is 0 Å². The molecule has 1 fully saturated rings. The Morgan fingerprint density at radius 2 is 1.67 bits per heavy atom. The van der Waals surface area contributed by atoms with Gasteiger partial charge in [-0.05, 0) is 18.8 Å². The first-order chi connectivity index (χ1) is 4.13. The lowest BCUT2D eigenvalue weighted by Crippen LogP contribution is -2.37. The van der Waals surface area contributed by atoms with Crippen LogP contribution in [0.3, 0.4) is 0 Å². The zero-order chi connectivity index (χ0) is 7.02. The molecule has 54 valence electrons. The third-order valence-electron chi connectivity index (χ3n) is 2.64. The minimum Gasteiger partial charge on any atom is -0.316 e. The molecule has 0 aromatic carbocycles. The fraction of sp³-hybridized carbons (Fsp3) is 1.00. The van der Waals surface area contributed by atoms with Gasteiger partial charge in [-0.3, -0.25) is 5.32 Å². The predicted molar refractivity (Wildman–Crippen MR) is 38.9 cm³/mol. The Morgan fingerprint density at radius 3 is 1.78 bits per heavy atom. The number of hydrogen-bond donors (Lipinski definition) is 2. The molecule has 0 aromatic heterocycles. The maximum Gasteiger partial charge on any atom is 0.0577 e. The zero-order valence-electron chi connectivity index (χ0n) is 6.39. The quantitative estimate of drug-likeness (QED) is 0.499. The van der Waals surface area contributed by atoms with E-state index in [1.807, 2.05) is 0 Å². The van der Waals surface area contributed by atoms with E-state index in [9.17, 15) is 0 Å². The summed E-state index contributed by atoms with van der Waals surface area (Å²) in [5.41, 5.74) is 5.75. The van der Waals surface area contributed by atoms with E-state index >= 15 is 0 Å². The molecule has 0 aromatic rings. The fourth-order valence-electron chi connectivity index (χ4n) is 1.39. The largest absolute Gasteiger partial charge is 0.316 e. The molecule has 3 N–H and O–H groups in total. The van der Waals surface area contributed by atoms with Gasteiger partial charge in [0.2, 0.25) is 0 Å². The first-order valence-electron chi connectivity index (χ1n) is 3.64. The molecule has 0 radical (unpaired) electrons. The Balaban J connectivity index is 2.54. The van der Waals surface area contributed by atoms with Gasteiger partial charge in [0.25, 0.3) is 0 Å². The summed E-state index contributed by atoms with van der Waals surface area (Å²) in [7, 11) is 0. The van der Waals surface area contributed by atoms with Crippen LogP contribution in [0, 0.1) is 11.8 Å². The summed E-state index contributed by atoms with van der Waals surface area (Å²) in [5.74, 6) is 1.35. The average molecular weight is 128 g/mol. The van der Waals surface area contributed by atoms with Gasteiger partial charge in [-0.25, -0.2) is 0 Å². The average Bonchev–Trinajstić information content (AvgIpc) is 1.98. The number of nitrogens with two attached hydrogens (primary N) is 1. The van der Waals surface area contributed by atoms with Crippen LogP contribution in [0.25, 0.3) is 0 Å². The lowest BCUT2D eigenvalue weighted by molar-refractivity contribution is 0.406. The normalized spacial score (nSPS) is 52.0. The van der Waals surface area contributed by atoms with E-state index in [1.54, 1.807) is 0 Å². The van der Waals surface area contributed by atoms with Crippen molar-refractivity contribution in [1.82, 2.24) is 5.32 Å². The summed E-state index contributed by atoms with van der Waals surface area (Å²) in [6.45, 7) is 6.63. The summed E-state index contributed by atoms with van der Waals surface area (Å²) in [5, 5.41) is 3.29. The van der Waals surface area contributed by atoms with E-state index in [-0.39, 0.29) is 6.17 Å². The van der Waals surface area contributed by atoms with E-state index in [0.29, 0.717) is 12.0 Å². The van der Waals surface area contributed by atoms with Gasteiger partial charge >= 0.3 is 0 Å². The van der Waals surface area contributed by atoms with E-state index in [4.69, 9.17) is 5.73 Å². The molecule has 1 aliphatic heterocycles. The minimum absolute atomic E-state index is 0.218. The molecular formula is C7H16N2. The second-order valence-electron chi connectivity index (χ2n) is 3.20. The first-order valence-corrected chi connectivity index (χ1v) is 3.64. The van der Waals surface area contributed by atoms with Gasteiger partial charge in [-0.15, -0.1) is 0 Å². The molecule has 2 heteroatoms. The lowest BCUT2D eigenvalue weighted by Gasteiger charge is -2.12. The molecule has 4 atom stereocenters. The van der Waals surface area contributed by atoms with Crippen molar-refractivity contribution < 1.29 is 0 Å². The van der Waals surface area contributed by atoms with Crippen molar-refractivity contribution >= 4 is 0 Å². The predicted octanol–water partition coefficient (Wildman–Crippen LogP) is 0.535. The summed E-state index contributed by atoms with van der Waals surface area (Å²) < 4.78 is 0. The molecule has 9 heavy (non-hydrogen) atoms. The van der Waals surface area contributed by atoms with Crippen LogP contribution in [0.1, 0.15) is 20.8 Å². The Labute approximate surface area is 56.8 Å². The number of nitrogens with one attached hydrogen (secondary N) is 1. The van der Waals surface area contributed by atoms with Crippen LogP contribution in [0.4, 0.5) is 0 Å². The molecule has 0 aliphatic carbocycles. The van der Waals surface area contributed by atoms with Gasteiger partial charge in [-0.2, -0.15) is 0 Å². The third kappa shape index (κ3) is 1.10. The summed E-state index contributed by atoms with van der Waals surface area (Å²) in [4.78, 5) is 0. The van der Waals surface area contributed by atoms with E-state index < -0.39 is 0 Å². The number of rotatable bonds is 0. The molecule has 0 bridgehead atoms. The van der Waals surface area contributed by atoms with Crippen molar-refractivity contribution in [3.63, 3.8) is 0 Å². The number of hydrogen-bond acceptors (Lipinski definition) is 2. The fourth-order valence-corrected chi connectivity index (χ4v) is 1.39. The van der Waals surface area contributed by atoms with E-state index in [2.05, 4.69) is 26.1 Å². The van der Waals surface area contributed by atoms with Gasteiger partial charge in [0, 0.05) is 6.04 Å². The Hall–Kier alpha value is -0.0800. The van der Waals surface area contributed by atoms with E-state index in [0.717, 1.165) is 5.92 Å². The standard InChI is InChI=1S/C7H16N2/c1-4-5(2)7(8)9-6(4)3/h4-7,9H,8H2,1-3H3. The molecule has 0 amide bonds. The Morgan fingerprint density at radius 1 is 1.11 bits per heavy atom. The van der Waals surface area contributed by atoms with Gasteiger partial charge in [-0.1, -0.05) is 13.8 Å². The SMILES string of the molecule is CC1NC(N)C(C)C1C. The highest BCUT2D eigenvalue weighted by atomic mass is 15.1. The summed E-state index contributed by atoms with van der Waals surface area (Å²) in [6, 6.07) is 0.593. The zero-order valence-corrected chi connectivity index (χ0v) is 6.39. The maximum absolute atomic E-state index is 5.75. The molecule has 1 aliphatic rings. The molecule has 0 saturated carbocycles. The highest BCUT2D eigenvalue weighted by Crippen LogP contribution is 2.23. The molecule has 4 unspecified atom stereocenters. The van der Waals surface area contributed by atoms with Crippen LogP contribution in [0.15, 0.2) is 0 Å². The second kappa shape index (κ2) is 2.27. The van der Waals surface area contributed by atoms with Gasteiger partial charge < -0.3 is 5.73 Å². The van der Waals surface area contributed by atoms with Crippen LogP contribution in [-0.4, -0.2) is 12.2 Å². The van der Waals surface area contributed by atoms with Crippen LogP contribution >= 0.6 is 0 Å². The van der Waals surface area contributed by atoms with Crippen LogP contribution in [0.2, 0.25) is 0 Å². The monoisotopic (exact) mass is 128 g/mol. The molecule has 1 saturated heterocycles. The van der Waals surface area contributed by atoms with Crippen LogP contribution in [0.5, 0.6) is 0 Å². The maximum atomic E-state index is 5.75. The van der Waals surface area contributed by atoms with Gasteiger partial charge in [0.1, 0.15) is 0 Å². The van der Waals surface area contributed by atoms with Gasteiger partial charge in [0.15, 0.2) is 0 Å². The molecule has 1 rings (SSSR count). The van der Waals surface area contributed by atoms with Crippen molar-refractivity contribution in [3.05, 3.63) is 0 Å². The molecule has 0 spiro atoms. The molecular weight excluding hydrogens is 112 g/mol. The Kier molecular flexibility index (Phi) is 1.78. The van der Waals surface area contributed by atoms with Crippen LogP contribution < -0.4 is 11.1 Å². The second-order valence-corrected chi connectivity index (χ2v) is 3.20. The Bertz CT molecular complexity index is 91.1. The highest BCUT2D eigenvalue weighted by Gasteiger charge is 2.31. The van der Waals surface area contributed by atoms with Crippen molar-refractivity contribution in [2.45, 2.75) is 33.0 Å². The van der Waals surface area contributed by atoms with Crippen molar-refractivity contribution in [1.29, 1.82) is 0 Å². The molecule has 1 heterocycles. The summed E-state index contributed by atoms with van der Waals surface area (Å²) in [6.07, 6.45) is 0.218. The smallest absolute Gasteiger partial charge is 0.0577 e. The molecule has 2 nitrogen and oxygen atoms in total. The van der Waals surface area contributed by atoms with Crippen molar-refractivity contribution in [2.75, 3.05) is 0 Å². The van der Waals surface area contributed by atoms with Crippen LogP contribution in [-0.2, 0) is 0 Å². The van der Waals surface area contributed by atoms with Crippen molar-refractivity contribution in [2.24, 2.45) is 17.6 Å². The van der Waals surface area contributed by atoms with Gasteiger partial charge in [0.05, 0.1) is 6.17 Å². The summed E-state index contributed by atoms with van der Waals surface area (Å²) >= 11 is 0. The first kappa shape index (κ1) is 7.03. The van der Waals surface area contributed by atoms with E-state index in [1.165, 1.54) is 0 Å². The highest BCUT2D eigenvalue weighted by molar-refractivity contribution is 4.87. The third-order valence-corrected chi connectivity index (χ3v) is 2.64.